The molecule has 29 heavy (non-hydrogen) atoms. The van der Waals surface area contributed by atoms with Crippen molar-refractivity contribution in [3.05, 3.63) is 0 Å². The number of hydrogen-bond donors (Lipinski definition) is 1. The Hall–Kier alpha value is -0.0400. The minimum absolute atomic E-state index is 0.344. The monoisotopic (exact) mass is 398 g/mol. The van der Waals surface area contributed by atoms with Gasteiger partial charge in [-0.25, -0.2) is 0 Å². The summed E-state index contributed by atoms with van der Waals surface area (Å²) in [6.07, 6.45) is 22.3. The van der Waals surface area contributed by atoms with Crippen molar-refractivity contribution in [3.8, 4) is 0 Å². The standard InChI is InChI=1S/C28H46O/c1-5-22-9-21-10-23(6-2,12-22)15-26(11-21,14-22)27-16-24(7-3)13-25(8-4,17-27)19-28(29,18-24)20-27/h21,29H,5-20H2,1-4H3. The molecule has 1 N–H and O–H groups in total. The van der Waals surface area contributed by atoms with Crippen molar-refractivity contribution in [1.29, 1.82) is 0 Å². The van der Waals surface area contributed by atoms with E-state index in [1.165, 1.54) is 83.5 Å². The lowest BCUT2D eigenvalue weighted by atomic mass is 9.27. The van der Waals surface area contributed by atoms with Gasteiger partial charge in [-0.1, -0.05) is 53.4 Å². The Balaban J connectivity index is 1.51. The van der Waals surface area contributed by atoms with Crippen LogP contribution in [0.15, 0.2) is 0 Å². The van der Waals surface area contributed by atoms with Crippen molar-refractivity contribution < 1.29 is 5.11 Å². The van der Waals surface area contributed by atoms with Gasteiger partial charge in [0.2, 0.25) is 0 Å². The molecule has 4 unspecified atom stereocenters. The van der Waals surface area contributed by atoms with E-state index in [0.717, 1.165) is 25.2 Å². The number of aliphatic hydroxyl groups is 1. The summed E-state index contributed by atoms with van der Waals surface area (Å²) in [6, 6.07) is 0. The van der Waals surface area contributed by atoms with Gasteiger partial charge in [-0.15, -0.1) is 0 Å². The van der Waals surface area contributed by atoms with E-state index in [0.29, 0.717) is 32.5 Å². The Kier molecular flexibility index (Phi) is 3.70. The van der Waals surface area contributed by atoms with E-state index in [9.17, 15) is 5.11 Å². The summed E-state index contributed by atoms with van der Waals surface area (Å²) in [5, 5.41) is 12.0. The fourth-order valence-corrected chi connectivity index (χ4v) is 12.5. The van der Waals surface area contributed by atoms with Gasteiger partial charge in [-0.05, 0) is 115 Å². The van der Waals surface area contributed by atoms with Crippen molar-refractivity contribution >= 4 is 0 Å². The smallest absolute Gasteiger partial charge is 0.0663 e. The molecule has 0 aromatic carbocycles. The Morgan fingerprint density at radius 3 is 1.45 bits per heavy atom. The molecule has 0 amide bonds. The van der Waals surface area contributed by atoms with Crippen LogP contribution < -0.4 is 0 Å². The highest BCUT2D eigenvalue weighted by atomic mass is 16.3. The average molecular weight is 399 g/mol. The van der Waals surface area contributed by atoms with Crippen LogP contribution in [0.1, 0.15) is 130 Å². The first kappa shape index (κ1) is 19.6. The molecule has 4 atom stereocenters. The summed E-state index contributed by atoms with van der Waals surface area (Å²) in [5.41, 5.74) is 2.82. The number of hydrogen-bond acceptors (Lipinski definition) is 1. The highest BCUT2D eigenvalue weighted by molar-refractivity contribution is 5.25. The summed E-state index contributed by atoms with van der Waals surface area (Å²) in [6.45, 7) is 9.93. The molecule has 1 nitrogen and oxygen atoms in total. The van der Waals surface area contributed by atoms with Crippen molar-refractivity contribution in [2.45, 2.75) is 136 Å². The van der Waals surface area contributed by atoms with Crippen LogP contribution in [0.5, 0.6) is 0 Å². The van der Waals surface area contributed by atoms with Crippen LogP contribution in [0.4, 0.5) is 0 Å². The van der Waals surface area contributed by atoms with Crippen molar-refractivity contribution in [1.82, 2.24) is 0 Å². The zero-order valence-electron chi connectivity index (χ0n) is 19.8. The lowest BCUT2D eigenvalue weighted by Gasteiger charge is -2.78. The molecular formula is C28H46O. The van der Waals surface area contributed by atoms with Crippen LogP contribution >= 0.6 is 0 Å². The Bertz CT molecular complexity index is 680. The fourth-order valence-electron chi connectivity index (χ4n) is 12.5. The molecule has 0 aromatic rings. The molecule has 1 heteroatoms. The van der Waals surface area contributed by atoms with Gasteiger partial charge in [-0.2, -0.15) is 0 Å². The van der Waals surface area contributed by atoms with E-state index in [1.807, 2.05) is 0 Å². The van der Waals surface area contributed by atoms with Crippen molar-refractivity contribution in [3.63, 3.8) is 0 Å². The third kappa shape index (κ3) is 2.33. The molecule has 8 bridgehead atoms. The molecule has 0 radical (unpaired) electrons. The van der Waals surface area contributed by atoms with E-state index in [1.54, 1.807) is 0 Å². The first-order valence-electron chi connectivity index (χ1n) is 13.4. The van der Waals surface area contributed by atoms with E-state index in [-0.39, 0.29) is 5.60 Å². The summed E-state index contributed by atoms with van der Waals surface area (Å²) >= 11 is 0. The maximum absolute atomic E-state index is 12.0. The van der Waals surface area contributed by atoms with Gasteiger partial charge in [0.05, 0.1) is 5.60 Å². The average Bonchev–Trinajstić information content (AvgIpc) is 2.65. The SMILES string of the molecule is CCC12CC3CC(CC)(C1)CC(C14CC5(O)CC(CC)(CC(CC)(C5)C1)C4)(C3)C2. The lowest BCUT2D eigenvalue weighted by Crippen LogP contribution is -2.71. The molecular weight excluding hydrogens is 352 g/mol. The second-order valence-electron chi connectivity index (χ2n) is 14.3. The summed E-state index contributed by atoms with van der Waals surface area (Å²) in [4.78, 5) is 0. The third-order valence-electron chi connectivity index (χ3n) is 12.7. The topological polar surface area (TPSA) is 20.2 Å². The highest BCUT2D eigenvalue weighted by Crippen LogP contribution is 2.83. The molecule has 8 saturated carbocycles. The normalized spacial score (nSPS) is 62.2. The highest BCUT2D eigenvalue weighted by Gasteiger charge is 2.75. The van der Waals surface area contributed by atoms with Crippen molar-refractivity contribution in [2.24, 2.45) is 38.4 Å². The van der Waals surface area contributed by atoms with Gasteiger partial charge in [0.15, 0.2) is 0 Å². The first-order valence-corrected chi connectivity index (χ1v) is 13.4. The predicted octanol–water partition coefficient (Wildman–Crippen LogP) is 7.65. The maximum Gasteiger partial charge on any atom is 0.0663 e. The third-order valence-corrected chi connectivity index (χ3v) is 12.7. The largest absolute Gasteiger partial charge is 0.390 e. The summed E-state index contributed by atoms with van der Waals surface area (Å²) in [7, 11) is 0. The Morgan fingerprint density at radius 2 is 0.966 bits per heavy atom. The van der Waals surface area contributed by atoms with E-state index < -0.39 is 0 Å². The van der Waals surface area contributed by atoms with Gasteiger partial charge in [0.1, 0.15) is 0 Å². The van der Waals surface area contributed by atoms with Gasteiger partial charge < -0.3 is 5.11 Å². The quantitative estimate of drug-likeness (QED) is 0.504. The first-order chi connectivity index (χ1) is 13.6. The number of rotatable bonds is 5. The molecule has 0 aliphatic heterocycles. The molecule has 8 fully saturated rings. The summed E-state index contributed by atoms with van der Waals surface area (Å²) in [5.74, 6) is 0.990. The summed E-state index contributed by atoms with van der Waals surface area (Å²) < 4.78 is 0. The second kappa shape index (κ2) is 5.47. The maximum atomic E-state index is 12.0. The predicted molar refractivity (Wildman–Crippen MR) is 120 cm³/mol. The zero-order chi connectivity index (χ0) is 20.4. The van der Waals surface area contributed by atoms with Crippen LogP contribution in [0, 0.1) is 38.4 Å². The van der Waals surface area contributed by atoms with E-state index in [4.69, 9.17) is 0 Å². The Morgan fingerprint density at radius 1 is 0.517 bits per heavy atom. The van der Waals surface area contributed by atoms with Crippen LogP contribution in [0.3, 0.4) is 0 Å². The van der Waals surface area contributed by atoms with Crippen molar-refractivity contribution in [2.75, 3.05) is 0 Å². The molecule has 8 aliphatic carbocycles. The van der Waals surface area contributed by atoms with Crippen LogP contribution in [0.25, 0.3) is 0 Å². The second-order valence-corrected chi connectivity index (χ2v) is 14.3. The van der Waals surface area contributed by atoms with Gasteiger partial charge in [-0.3, -0.25) is 0 Å². The van der Waals surface area contributed by atoms with Gasteiger partial charge >= 0.3 is 0 Å². The molecule has 0 saturated heterocycles. The molecule has 164 valence electrons. The minimum Gasteiger partial charge on any atom is -0.390 e. The molecule has 0 spiro atoms. The van der Waals surface area contributed by atoms with Crippen LogP contribution in [0.2, 0.25) is 0 Å². The van der Waals surface area contributed by atoms with E-state index >= 15 is 0 Å². The van der Waals surface area contributed by atoms with Crippen LogP contribution in [-0.4, -0.2) is 10.7 Å². The van der Waals surface area contributed by atoms with Gasteiger partial charge in [0, 0.05) is 0 Å². The van der Waals surface area contributed by atoms with Gasteiger partial charge in [0.25, 0.3) is 0 Å². The fraction of sp³-hybridized carbons (Fsp3) is 1.00. The molecule has 0 aromatic heterocycles. The Labute approximate surface area is 179 Å². The zero-order valence-corrected chi connectivity index (χ0v) is 19.8. The molecule has 0 heterocycles. The van der Waals surface area contributed by atoms with Crippen LogP contribution in [-0.2, 0) is 0 Å². The molecule has 8 rings (SSSR count). The molecule has 8 aliphatic rings. The van der Waals surface area contributed by atoms with E-state index in [2.05, 4.69) is 27.7 Å². The lowest BCUT2D eigenvalue weighted by molar-refractivity contribution is -0.306. The minimum atomic E-state index is -0.344.